The Morgan fingerprint density at radius 2 is 1.95 bits per heavy atom. The monoisotopic (exact) mass is 290 g/mol. The highest BCUT2D eigenvalue weighted by molar-refractivity contribution is 5.33. The molecule has 2 rings (SSSR count). The van der Waals surface area contributed by atoms with Crippen molar-refractivity contribution in [3.8, 4) is 5.75 Å². The second-order valence-electron chi connectivity index (χ2n) is 7.37. The standard InChI is InChI=1S/C18H30N2O/c1-14(2)16(12-19-18(3,4)5)20-10-11-21-17-9-7-6-8-15(17)13-20/h6-9,14,16,19H,10-13H2,1-5H3. The van der Waals surface area contributed by atoms with Crippen molar-refractivity contribution in [3.63, 3.8) is 0 Å². The Morgan fingerprint density at radius 3 is 2.62 bits per heavy atom. The topological polar surface area (TPSA) is 24.5 Å². The number of ether oxygens (including phenoxy) is 1. The second kappa shape index (κ2) is 6.80. The minimum atomic E-state index is 0.160. The highest BCUT2D eigenvalue weighted by atomic mass is 16.5. The van der Waals surface area contributed by atoms with Gasteiger partial charge in [-0.05, 0) is 32.8 Å². The summed E-state index contributed by atoms with van der Waals surface area (Å²) in [5.41, 5.74) is 1.46. The third-order valence-corrected chi connectivity index (χ3v) is 4.06. The number of nitrogens with zero attached hydrogens (tertiary/aromatic N) is 1. The van der Waals surface area contributed by atoms with Gasteiger partial charge in [-0.15, -0.1) is 0 Å². The highest BCUT2D eigenvalue weighted by Gasteiger charge is 2.26. The summed E-state index contributed by atoms with van der Waals surface area (Å²) in [5, 5.41) is 3.66. The van der Waals surface area contributed by atoms with Gasteiger partial charge in [0.15, 0.2) is 0 Å². The minimum absolute atomic E-state index is 0.160. The van der Waals surface area contributed by atoms with Gasteiger partial charge in [0.1, 0.15) is 12.4 Å². The summed E-state index contributed by atoms with van der Waals surface area (Å²) in [4.78, 5) is 2.56. The predicted octanol–water partition coefficient (Wildman–Crippen LogP) is 3.29. The molecule has 21 heavy (non-hydrogen) atoms. The molecule has 1 atom stereocenters. The summed E-state index contributed by atoms with van der Waals surface area (Å²) in [5.74, 6) is 1.66. The number of hydrogen-bond donors (Lipinski definition) is 1. The van der Waals surface area contributed by atoms with E-state index in [9.17, 15) is 0 Å². The first-order valence-corrected chi connectivity index (χ1v) is 8.06. The molecule has 0 saturated carbocycles. The fourth-order valence-electron chi connectivity index (χ4n) is 2.83. The maximum Gasteiger partial charge on any atom is 0.123 e. The van der Waals surface area contributed by atoms with Gasteiger partial charge in [-0.25, -0.2) is 0 Å². The van der Waals surface area contributed by atoms with Crippen molar-refractivity contribution in [2.45, 2.75) is 52.7 Å². The summed E-state index contributed by atoms with van der Waals surface area (Å²) in [6.45, 7) is 15.1. The maximum atomic E-state index is 5.89. The SMILES string of the molecule is CC(C)C(CNC(C)(C)C)N1CCOc2ccccc2C1. The van der Waals surface area contributed by atoms with Gasteiger partial charge in [-0.1, -0.05) is 32.0 Å². The van der Waals surface area contributed by atoms with E-state index in [1.165, 1.54) is 5.56 Å². The fraction of sp³-hybridized carbons (Fsp3) is 0.667. The summed E-state index contributed by atoms with van der Waals surface area (Å²) in [7, 11) is 0. The van der Waals surface area contributed by atoms with Gasteiger partial charge < -0.3 is 10.1 Å². The van der Waals surface area contributed by atoms with Gasteiger partial charge in [0.2, 0.25) is 0 Å². The molecule has 1 heterocycles. The quantitative estimate of drug-likeness (QED) is 0.921. The van der Waals surface area contributed by atoms with Crippen LogP contribution in [0.2, 0.25) is 0 Å². The van der Waals surface area contributed by atoms with Crippen molar-refractivity contribution < 1.29 is 4.74 Å². The lowest BCUT2D eigenvalue weighted by atomic mass is 9.99. The van der Waals surface area contributed by atoms with E-state index in [-0.39, 0.29) is 5.54 Å². The molecule has 0 aromatic heterocycles. The summed E-state index contributed by atoms with van der Waals surface area (Å²) < 4.78 is 5.89. The molecule has 0 amide bonds. The van der Waals surface area contributed by atoms with Crippen LogP contribution in [0, 0.1) is 5.92 Å². The smallest absolute Gasteiger partial charge is 0.123 e. The lowest BCUT2D eigenvalue weighted by molar-refractivity contribution is 0.126. The molecule has 1 unspecified atom stereocenters. The molecule has 1 aromatic carbocycles. The van der Waals surface area contributed by atoms with Crippen LogP contribution in [-0.4, -0.2) is 36.2 Å². The molecule has 1 aliphatic heterocycles. The Balaban J connectivity index is 2.10. The van der Waals surface area contributed by atoms with E-state index in [4.69, 9.17) is 4.74 Å². The largest absolute Gasteiger partial charge is 0.492 e. The first kappa shape index (κ1) is 16.3. The van der Waals surface area contributed by atoms with Crippen LogP contribution in [-0.2, 0) is 6.54 Å². The van der Waals surface area contributed by atoms with Crippen molar-refractivity contribution in [1.82, 2.24) is 10.2 Å². The first-order chi connectivity index (χ1) is 9.87. The van der Waals surface area contributed by atoms with Crippen LogP contribution >= 0.6 is 0 Å². The lowest BCUT2D eigenvalue weighted by Crippen LogP contribution is -2.50. The van der Waals surface area contributed by atoms with Crippen molar-refractivity contribution >= 4 is 0 Å². The van der Waals surface area contributed by atoms with Gasteiger partial charge in [-0.3, -0.25) is 4.90 Å². The summed E-state index contributed by atoms with van der Waals surface area (Å²) >= 11 is 0. The van der Waals surface area contributed by atoms with Crippen molar-refractivity contribution in [3.05, 3.63) is 29.8 Å². The second-order valence-corrected chi connectivity index (χ2v) is 7.37. The third kappa shape index (κ3) is 4.72. The number of para-hydroxylation sites is 1. The van der Waals surface area contributed by atoms with Crippen molar-refractivity contribution in [2.75, 3.05) is 19.7 Å². The van der Waals surface area contributed by atoms with E-state index in [2.05, 4.69) is 69.1 Å². The number of hydrogen-bond acceptors (Lipinski definition) is 3. The Morgan fingerprint density at radius 1 is 1.24 bits per heavy atom. The Kier molecular flexibility index (Phi) is 5.28. The van der Waals surface area contributed by atoms with Gasteiger partial charge in [0.05, 0.1) is 0 Å². The summed E-state index contributed by atoms with van der Waals surface area (Å²) in [6.07, 6.45) is 0. The molecule has 1 N–H and O–H groups in total. The van der Waals surface area contributed by atoms with Gasteiger partial charge in [0, 0.05) is 36.8 Å². The zero-order chi connectivity index (χ0) is 15.5. The number of benzene rings is 1. The Labute approximate surface area is 129 Å². The molecule has 1 aromatic rings. The van der Waals surface area contributed by atoms with Crippen molar-refractivity contribution in [1.29, 1.82) is 0 Å². The zero-order valence-electron chi connectivity index (χ0n) is 14.1. The van der Waals surface area contributed by atoms with E-state index >= 15 is 0 Å². The van der Waals surface area contributed by atoms with Gasteiger partial charge >= 0.3 is 0 Å². The molecule has 1 aliphatic rings. The molecule has 3 nitrogen and oxygen atoms in total. The van der Waals surface area contributed by atoms with E-state index in [1.54, 1.807) is 0 Å². The third-order valence-electron chi connectivity index (χ3n) is 4.06. The van der Waals surface area contributed by atoms with Crippen LogP contribution < -0.4 is 10.1 Å². The van der Waals surface area contributed by atoms with E-state index in [0.29, 0.717) is 12.0 Å². The summed E-state index contributed by atoms with van der Waals surface area (Å²) in [6, 6.07) is 8.94. The van der Waals surface area contributed by atoms with E-state index in [0.717, 1.165) is 32.0 Å². The van der Waals surface area contributed by atoms with Crippen LogP contribution in [0.1, 0.15) is 40.2 Å². The zero-order valence-corrected chi connectivity index (χ0v) is 14.1. The first-order valence-electron chi connectivity index (χ1n) is 8.06. The van der Waals surface area contributed by atoms with Crippen molar-refractivity contribution in [2.24, 2.45) is 5.92 Å². The molecular weight excluding hydrogens is 260 g/mol. The van der Waals surface area contributed by atoms with Gasteiger partial charge in [0.25, 0.3) is 0 Å². The maximum absolute atomic E-state index is 5.89. The molecule has 0 saturated heterocycles. The Bertz CT molecular complexity index is 451. The number of rotatable bonds is 4. The molecule has 0 radical (unpaired) electrons. The number of nitrogens with one attached hydrogen (secondary N) is 1. The van der Waals surface area contributed by atoms with Crippen LogP contribution in [0.5, 0.6) is 5.75 Å². The van der Waals surface area contributed by atoms with E-state index < -0.39 is 0 Å². The van der Waals surface area contributed by atoms with E-state index in [1.807, 2.05) is 0 Å². The predicted molar refractivity (Wildman–Crippen MR) is 88.7 cm³/mol. The fourth-order valence-corrected chi connectivity index (χ4v) is 2.83. The lowest BCUT2D eigenvalue weighted by Gasteiger charge is -2.35. The Hall–Kier alpha value is -1.06. The molecule has 0 bridgehead atoms. The minimum Gasteiger partial charge on any atom is -0.492 e. The van der Waals surface area contributed by atoms with Gasteiger partial charge in [-0.2, -0.15) is 0 Å². The average molecular weight is 290 g/mol. The van der Waals surface area contributed by atoms with Crippen LogP contribution in [0.4, 0.5) is 0 Å². The molecule has 0 spiro atoms. The molecule has 0 aliphatic carbocycles. The molecule has 0 fully saturated rings. The highest BCUT2D eigenvalue weighted by Crippen LogP contribution is 2.25. The average Bonchev–Trinajstić information content (AvgIpc) is 2.59. The molecule has 118 valence electrons. The van der Waals surface area contributed by atoms with Crippen LogP contribution in [0.25, 0.3) is 0 Å². The van der Waals surface area contributed by atoms with Crippen LogP contribution in [0.3, 0.4) is 0 Å². The molecular formula is C18H30N2O. The number of fused-ring (bicyclic) bond motifs is 1. The normalized spacial score (nSPS) is 18.0. The van der Waals surface area contributed by atoms with Crippen LogP contribution in [0.15, 0.2) is 24.3 Å². The molecule has 3 heteroatoms.